The van der Waals surface area contributed by atoms with Crippen molar-refractivity contribution < 1.29 is 9.84 Å². The summed E-state index contributed by atoms with van der Waals surface area (Å²) in [4.78, 5) is 0. The summed E-state index contributed by atoms with van der Waals surface area (Å²) in [6, 6.07) is 6.14. The number of rotatable bonds is 2. The maximum Gasteiger partial charge on any atom is 0.122 e. The number of aliphatic hydroxyl groups excluding tert-OH is 1. The zero-order valence-corrected chi connectivity index (χ0v) is 8.49. The van der Waals surface area contributed by atoms with E-state index >= 15 is 0 Å². The molecule has 0 bridgehead atoms. The van der Waals surface area contributed by atoms with Crippen LogP contribution in [0.15, 0.2) is 18.2 Å². The van der Waals surface area contributed by atoms with Crippen LogP contribution in [0, 0.1) is 0 Å². The third-order valence-corrected chi connectivity index (χ3v) is 3.00. The van der Waals surface area contributed by atoms with Gasteiger partial charge in [0.2, 0.25) is 0 Å². The summed E-state index contributed by atoms with van der Waals surface area (Å²) in [6.07, 6.45) is 3.36. The zero-order chi connectivity index (χ0) is 9.97. The van der Waals surface area contributed by atoms with Crippen molar-refractivity contribution in [3.63, 3.8) is 0 Å². The number of hydrogen-bond acceptors (Lipinski definition) is 2. The molecule has 1 atom stereocenters. The minimum atomic E-state index is 0.230. The molecule has 76 valence electrons. The number of benzene rings is 1. The third kappa shape index (κ3) is 1.50. The Hall–Kier alpha value is -1.02. The first kappa shape index (κ1) is 9.53. The second-order valence-corrected chi connectivity index (χ2v) is 3.80. The number of fused-ring (bicyclic) bond motifs is 1. The Morgan fingerprint density at radius 3 is 3.07 bits per heavy atom. The van der Waals surface area contributed by atoms with Gasteiger partial charge in [0.05, 0.1) is 13.7 Å². The highest BCUT2D eigenvalue weighted by atomic mass is 16.5. The van der Waals surface area contributed by atoms with Crippen LogP contribution in [0.1, 0.15) is 29.9 Å². The third-order valence-electron chi connectivity index (χ3n) is 3.00. The fourth-order valence-electron chi connectivity index (χ4n) is 2.31. The molecule has 1 aliphatic carbocycles. The normalized spacial score (nSPS) is 20.3. The summed E-state index contributed by atoms with van der Waals surface area (Å²) in [6.45, 7) is 0.230. The maximum atomic E-state index is 9.30. The molecule has 0 heterocycles. The Labute approximate surface area is 84.5 Å². The van der Waals surface area contributed by atoms with Crippen molar-refractivity contribution in [1.29, 1.82) is 0 Å². The van der Waals surface area contributed by atoms with Crippen LogP contribution in [-0.2, 0) is 6.42 Å². The molecule has 0 amide bonds. The van der Waals surface area contributed by atoms with Gasteiger partial charge >= 0.3 is 0 Å². The summed E-state index contributed by atoms with van der Waals surface area (Å²) in [5, 5.41) is 9.30. The van der Waals surface area contributed by atoms with Gasteiger partial charge < -0.3 is 9.84 Å². The smallest absolute Gasteiger partial charge is 0.122 e. The van der Waals surface area contributed by atoms with E-state index in [1.807, 2.05) is 12.1 Å². The lowest BCUT2D eigenvalue weighted by atomic mass is 9.83. The number of aryl methyl sites for hydroxylation is 1. The predicted octanol–water partition coefficient (Wildman–Crippen LogP) is 2.11. The zero-order valence-electron chi connectivity index (χ0n) is 8.49. The average Bonchev–Trinajstić information content (AvgIpc) is 2.27. The Balaban J connectivity index is 2.46. The van der Waals surface area contributed by atoms with Crippen molar-refractivity contribution >= 4 is 0 Å². The van der Waals surface area contributed by atoms with E-state index in [1.54, 1.807) is 7.11 Å². The molecule has 1 aromatic carbocycles. The van der Waals surface area contributed by atoms with Gasteiger partial charge in [-0.15, -0.1) is 0 Å². The number of aliphatic hydroxyl groups is 1. The molecule has 0 radical (unpaired) electrons. The van der Waals surface area contributed by atoms with E-state index in [-0.39, 0.29) is 12.5 Å². The van der Waals surface area contributed by atoms with Gasteiger partial charge in [-0.05, 0) is 30.9 Å². The lowest BCUT2D eigenvalue weighted by Crippen LogP contribution is -2.14. The first-order chi connectivity index (χ1) is 6.86. The van der Waals surface area contributed by atoms with Crippen LogP contribution in [0.25, 0.3) is 0 Å². The first-order valence-corrected chi connectivity index (χ1v) is 5.13. The molecule has 0 fully saturated rings. The van der Waals surface area contributed by atoms with E-state index in [9.17, 15) is 5.11 Å². The minimum absolute atomic E-state index is 0.230. The van der Waals surface area contributed by atoms with E-state index in [0.29, 0.717) is 0 Å². The van der Waals surface area contributed by atoms with Crippen LogP contribution in [0.2, 0.25) is 0 Å². The van der Waals surface area contributed by atoms with Crippen molar-refractivity contribution in [3.05, 3.63) is 29.3 Å². The number of hydrogen-bond donors (Lipinski definition) is 1. The van der Waals surface area contributed by atoms with Gasteiger partial charge in [0.15, 0.2) is 0 Å². The van der Waals surface area contributed by atoms with Gasteiger partial charge in [-0.3, -0.25) is 0 Å². The lowest BCUT2D eigenvalue weighted by Gasteiger charge is -2.25. The Bertz CT molecular complexity index is 306. The van der Waals surface area contributed by atoms with E-state index < -0.39 is 0 Å². The number of methoxy groups -OCH3 is 1. The molecule has 0 aromatic heterocycles. The van der Waals surface area contributed by atoms with Gasteiger partial charge in [0.25, 0.3) is 0 Å². The molecule has 0 saturated heterocycles. The monoisotopic (exact) mass is 192 g/mol. The predicted molar refractivity (Wildman–Crippen MR) is 55.8 cm³/mol. The fraction of sp³-hybridized carbons (Fsp3) is 0.500. The molecule has 0 aliphatic heterocycles. The van der Waals surface area contributed by atoms with Gasteiger partial charge in [0, 0.05) is 11.5 Å². The Morgan fingerprint density at radius 1 is 1.50 bits per heavy atom. The van der Waals surface area contributed by atoms with Crippen molar-refractivity contribution in [2.75, 3.05) is 13.7 Å². The standard InChI is InChI=1S/C12H16O2/c1-14-11-7-3-5-9-4-2-6-10(8-13)12(9)11/h3,5,7,10,13H,2,4,6,8H2,1H3/t10-/m1/s1. The summed E-state index contributed by atoms with van der Waals surface area (Å²) < 4.78 is 5.33. The van der Waals surface area contributed by atoms with Crippen LogP contribution in [0.4, 0.5) is 0 Å². The lowest BCUT2D eigenvalue weighted by molar-refractivity contribution is 0.249. The minimum Gasteiger partial charge on any atom is -0.496 e. The molecular formula is C12H16O2. The number of ether oxygens (including phenoxy) is 1. The first-order valence-electron chi connectivity index (χ1n) is 5.13. The van der Waals surface area contributed by atoms with Crippen LogP contribution < -0.4 is 4.74 Å². The van der Waals surface area contributed by atoms with Crippen LogP contribution in [-0.4, -0.2) is 18.8 Å². The van der Waals surface area contributed by atoms with Gasteiger partial charge in [0.1, 0.15) is 5.75 Å². The molecule has 14 heavy (non-hydrogen) atoms. The average molecular weight is 192 g/mol. The highest BCUT2D eigenvalue weighted by Crippen LogP contribution is 2.37. The molecular weight excluding hydrogens is 176 g/mol. The molecule has 2 rings (SSSR count). The summed E-state index contributed by atoms with van der Waals surface area (Å²) in [5.74, 6) is 1.20. The van der Waals surface area contributed by atoms with E-state index in [1.165, 1.54) is 17.5 Å². The molecule has 2 heteroatoms. The molecule has 0 saturated carbocycles. The topological polar surface area (TPSA) is 29.5 Å². The molecule has 1 aliphatic rings. The molecule has 1 N–H and O–H groups in total. The summed E-state index contributed by atoms with van der Waals surface area (Å²) in [5.41, 5.74) is 2.57. The van der Waals surface area contributed by atoms with Crippen LogP contribution in [0.5, 0.6) is 5.75 Å². The largest absolute Gasteiger partial charge is 0.496 e. The van der Waals surface area contributed by atoms with E-state index in [2.05, 4.69) is 6.07 Å². The Morgan fingerprint density at radius 2 is 2.36 bits per heavy atom. The molecule has 0 spiro atoms. The Kier molecular flexibility index (Phi) is 2.73. The van der Waals surface area contributed by atoms with Gasteiger partial charge in [-0.25, -0.2) is 0 Å². The SMILES string of the molecule is COc1cccc2c1[C@@H](CO)CCC2. The maximum absolute atomic E-state index is 9.30. The summed E-state index contributed by atoms with van der Waals surface area (Å²) in [7, 11) is 1.69. The summed E-state index contributed by atoms with van der Waals surface area (Å²) >= 11 is 0. The molecule has 2 nitrogen and oxygen atoms in total. The van der Waals surface area contributed by atoms with Crippen LogP contribution >= 0.6 is 0 Å². The van der Waals surface area contributed by atoms with Gasteiger partial charge in [-0.2, -0.15) is 0 Å². The van der Waals surface area contributed by atoms with Gasteiger partial charge in [-0.1, -0.05) is 12.1 Å². The van der Waals surface area contributed by atoms with E-state index in [4.69, 9.17) is 4.74 Å². The second kappa shape index (κ2) is 4.01. The highest BCUT2D eigenvalue weighted by Gasteiger charge is 2.22. The van der Waals surface area contributed by atoms with Crippen molar-refractivity contribution in [2.45, 2.75) is 25.2 Å². The highest BCUT2D eigenvalue weighted by molar-refractivity contribution is 5.44. The quantitative estimate of drug-likeness (QED) is 0.777. The van der Waals surface area contributed by atoms with Crippen LogP contribution in [0.3, 0.4) is 0 Å². The fourth-order valence-corrected chi connectivity index (χ4v) is 2.31. The molecule has 1 aromatic rings. The van der Waals surface area contributed by atoms with Crippen molar-refractivity contribution in [3.8, 4) is 5.75 Å². The second-order valence-electron chi connectivity index (χ2n) is 3.80. The molecule has 0 unspecified atom stereocenters. The van der Waals surface area contributed by atoms with Crippen molar-refractivity contribution in [2.24, 2.45) is 0 Å². The van der Waals surface area contributed by atoms with E-state index in [0.717, 1.165) is 18.6 Å². The van der Waals surface area contributed by atoms with Crippen molar-refractivity contribution in [1.82, 2.24) is 0 Å².